The van der Waals surface area contributed by atoms with Crippen molar-refractivity contribution < 1.29 is 9.18 Å². The highest BCUT2D eigenvalue weighted by Crippen LogP contribution is 2.27. The van der Waals surface area contributed by atoms with E-state index in [0.29, 0.717) is 22.5 Å². The Bertz CT molecular complexity index is 475. The Balaban J connectivity index is 1.96. The molecule has 2 rings (SSSR count). The number of benzene rings is 1. The van der Waals surface area contributed by atoms with Crippen LogP contribution >= 0.6 is 27.7 Å². The summed E-state index contributed by atoms with van der Waals surface area (Å²) in [5, 5.41) is 2.88. The Morgan fingerprint density at radius 3 is 2.84 bits per heavy atom. The van der Waals surface area contributed by atoms with Gasteiger partial charge in [0.25, 0.3) is 0 Å². The van der Waals surface area contributed by atoms with Crippen LogP contribution in [-0.4, -0.2) is 17.4 Å². The molecule has 19 heavy (non-hydrogen) atoms. The SMILES string of the molecule is Cc1cc(F)c(Br)cc1NC(=O)CC1CCSCC1. The van der Waals surface area contributed by atoms with Crippen molar-refractivity contribution in [2.75, 3.05) is 16.8 Å². The summed E-state index contributed by atoms with van der Waals surface area (Å²) in [7, 11) is 0. The van der Waals surface area contributed by atoms with Crippen molar-refractivity contribution in [1.29, 1.82) is 0 Å². The lowest BCUT2D eigenvalue weighted by atomic mass is 9.98. The van der Waals surface area contributed by atoms with Gasteiger partial charge in [-0.15, -0.1) is 0 Å². The number of halogens is 2. The monoisotopic (exact) mass is 345 g/mol. The van der Waals surface area contributed by atoms with Crippen LogP contribution in [0.3, 0.4) is 0 Å². The van der Waals surface area contributed by atoms with Gasteiger partial charge < -0.3 is 5.32 Å². The van der Waals surface area contributed by atoms with Crippen LogP contribution in [0.2, 0.25) is 0 Å². The fourth-order valence-corrected chi connectivity index (χ4v) is 3.74. The largest absolute Gasteiger partial charge is 0.326 e. The predicted molar refractivity (Wildman–Crippen MR) is 82.1 cm³/mol. The van der Waals surface area contributed by atoms with E-state index in [1.54, 1.807) is 13.0 Å². The molecule has 1 N–H and O–H groups in total. The van der Waals surface area contributed by atoms with Crippen molar-refractivity contribution in [2.45, 2.75) is 26.2 Å². The highest BCUT2D eigenvalue weighted by molar-refractivity contribution is 9.10. The summed E-state index contributed by atoms with van der Waals surface area (Å²) >= 11 is 5.10. The molecule has 1 heterocycles. The van der Waals surface area contributed by atoms with Crippen LogP contribution in [0.15, 0.2) is 16.6 Å². The molecular formula is C14H17BrFNOS. The number of amides is 1. The average molecular weight is 346 g/mol. The highest BCUT2D eigenvalue weighted by Gasteiger charge is 2.18. The van der Waals surface area contributed by atoms with Gasteiger partial charge in [0.1, 0.15) is 5.82 Å². The van der Waals surface area contributed by atoms with E-state index in [4.69, 9.17) is 0 Å². The molecule has 1 fully saturated rings. The molecule has 1 amide bonds. The number of carbonyl (C=O) groups is 1. The molecule has 0 aliphatic carbocycles. The maximum absolute atomic E-state index is 13.3. The van der Waals surface area contributed by atoms with Gasteiger partial charge in [-0.1, -0.05) is 0 Å². The van der Waals surface area contributed by atoms with Crippen molar-refractivity contribution >= 4 is 39.3 Å². The van der Waals surface area contributed by atoms with Crippen LogP contribution in [0.1, 0.15) is 24.8 Å². The maximum Gasteiger partial charge on any atom is 0.224 e. The van der Waals surface area contributed by atoms with E-state index in [2.05, 4.69) is 21.2 Å². The normalized spacial score (nSPS) is 16.4. The minimum Gasteiger partial charge on any atom is -0.326 e. The Morgan fingerprint density at radius 2 is 2.16 bits per heavy atom. The summed E-state index contributed by atoms with van der Waals surface area (Å²) in [5.41, 5.74) is 1.43. The summed E-state index contributed by atoms with van der Waals surface area (Å²) in [6.45, 7) is 1.79. The summed E-state index contributed by atoms with van der Waals surface area (Å²) in [5.74, 6) is 2.52. The molecular weight excluding hydrogens is 329 g/mol. The van der Waals surface area contributed by atoms with Crippen LogP contribution in [-0.2, 0) is 4.79 Å². The van der Waals surface area contributed by atoms with Gasteiger partial charge >= 0.3 is 0 Å². The second kappa shape index (κ2) is 6.75. The summed E-state index contributed by atoms with van der Waals surface area (Å²) in [4.78, 5) is 12.0. The maximum atomic E-state index is 13.3. The zero-order valence-electron chi connectivity index (χ0n) is 10.8. The van der Waals surface area contributed by atoms with Gasteiger partial charge in [0.15, 0.2) is 0 Å². The molecule has 0 spiro atoms. The molecule has 104 valence electrons. The van der Waals surface area contributed by atoms with Crippen molar-refractivity contribution in [2.24, 2.45) is 5.92 Å². The quantitative estimate of drug-likeness (QED) is 0.881. The Kier molecular flexibility index (Phi) is 5.28. The smallest absolute Gasteiger partial charge is 0.224 e. The third-order valence-corrected chi connectivity index (χ3v) is 5.01. The Hall–Kier alpha value is -0.550. The standard InChI is InChI=1S/C14H17BrFNOS/c1-9-6-12(16)11(15)8-13(9)17-14(18)7-10-2-4-19-5-3-10/h6,8,10H,2-5,7H2,1H3,(H,17,18). The van der Waals surface area contributed by atoms with E-state index in [0.717, 1.165) is 29.9 Å². The number of rotatable bonds is 3. The van der Waals surface area contributed by atoms with Gasteiger partial charge in [-0.2, -0.15) is 11.8 Å². The number of aryl methyl sites for hydroxylation is 1. The summed E-state index contributed by atoms with van der Waals surface area (Å²) in [6, 6.07) is 3.05. The van der Waals surface area contributed by atoms with Crippen molar-refractivity contribution in [3.8, 4) is 0 Å². The first-order valence-electron chi connectivity index (χ1n) is 6.39. The van der Waals surface area contributed by atoms with E-state index < -0.39 is 0 Å². The molecule has 1 saturated heterocycles. The molecule has 0 bridgehead atoms. The van der Waals surface area contributed by atoms with E-state index in [1.165, 1.54) is 6.07 Å². The van der Waals surface area contributed by atoms with E-state index in [-0.39, 0.29) is 11.7 Å². The summed E-state index contributed by atoms with van der Waals surface area (Å²) in [6.07, 6.45) is 2.79. The fourth-order valence-electron chi connectivity index (χ4n) is 2.19. The predicted octanol–water partition coefficient (Wildman–Crippen LogP) is 4.37. The zero-order valence-corrected chi connectivity index (χ0v) is 13.2. The lowest BCUT2D eigenvalue weighted by molar-refractivity contribution is -0.117. The van der Waals surface area contributed by atoms with Crippen LogP contribution in [0.5, 0.6) is 0 Å². The number of thioether (sulfide) groups is 1. The van der Waals surface area contributed by atoms with Crippen LogP contribution < -0.4 is 5.32 Å². The van der Waals surface area contributed by atoms with Crippen molar-refractivity contribution in [1.82, 2.24) is 0 Å². The molecule has 2 nitrogen and oxygen atoms in total. The molecule has 0 unspecified atom stereocenters. The van der Waals surface area contributed by atoms with Gasteiger partial charge in [-0.3, -0.25) is 4.79 Å². The van der Waals surface area contributed by atoms with Crippen molar-refractivity contribution in [3.05, 3.63) is 28.0 Å². The van der Waals surface area contributed by atoms with E-state index >= 15 is 0 Å². The lowest BCUT2D eigenvalue weighted by Crippen LogP contribution is -2.20. The van der Waals surface area contributed by atoms with Gasteiger partial charge in [-0.25, -0.2) is 4.39 Å². The second-order valence-electron chi connectivity index (χ2n) is 4.89. The molecule has 1 aromatic carbocycles. The van der Waals surface area contributed by atoms with Crippen LogP contribution in [0.25, 0.3) is 0 Å². The molecule has 1 aliphatic heterocycles. The molecule has 0 aromatic heterocycles. The number of carbonyl (C=O) groups excluding carboxylic acids is 1. The third kappa shape index (κ3) is 4.21. The van der Waals surface area contributed by atoms with Gasteiger partial charge in [-0.05, 0) is 70.8 Å². The van der Waals surface area contributed by atoms with Gasteiger partial charge in [0.2, 0.25) is 5.91 Å². The van der Waals surface area contributed by atoms with Crippen molar-refractivity contribution in [3.63, 3.8) is 0 Å². The first-order valence-corrected chi connectivity index (χ1v) is 8.34. The lowest BCUT2D eigenvalue weighted by Gasteiger charge is -2.20. The summed E-state index contributed by atoms with van der Waals surface area (Å²) < 4.78 is 13.7. The highest BCUT2D eigenvalue weighted by atomic mass is 79.9. The topological polar surface area (TPSA) is 29.1 Å². The first kappa shape index (κ1) is 14.9. The molecule has 1 aliphatic rings. The Labute approximate surface area is 125 Å². The molecule has 0 saturated carbocycles. The first-order chi connectivity index (χ1) is 9.06. The third-order valence-electron chi connectivity index (χ3n) is 3.36. The van der Waals surface area contributed by atoms with E-state index in [9.17, 15) is 9.18 Å². The number of nitrogens with one attached hydrogen (secondary N) is 1. The average Bonchev–Trinajstić information content (AvgIpc) is 2.37. The van der Waals surface area contributed by atoms with E-state index in [1.807, 2.05) is 11.8 Å². The van der Waals surface area contributed by atoms with Crippen LogP contribution in [0.4, 0.5) is 10.1 Å². The molecule has 5 heteroatoms. The number of anilines is 1. The van der Waals surface area contributed by atoms with Gasteiger partial charge in [0, 0.05) is 12.1 Å². The van der Waals surface area contributed by atoms with Crippen LogP contribution in [0, 0.1) is 18.7 Å². The number of hydrogen-bond acceptors (Lipinski definition) is 2. The zero-order chi connectivity index (χ0) is 13.8. The second-order valence-corrected chi connectivity index (χ2v) is 6.97. The van der Waals surface area contributed by atoms with Gasteiger partial charge in [0.05, 0.1) is 4.47 Å². The fraction of sp³-hybridized carbons (Fsp3) is 0.500. The molecule has 0 atom stereocenters. The number of hydrogen-bond donors (Lipinski definition) is 1. The molecule has 1 aromatic rings. The molecule has 0 radical (unpaired) electrons. The minimum absolute atomic E-state index is 0.0264. The minimum atomic E-state index is -0.306. The Morgan fingerprint density at radius 1 is 1.47 bits per heavy atom.